The van der Waals surface area contributed by atoms with E-state index >= 15 is 0 Å². The molecule has 0 aliphatic carbocycles. The van der Waals surface area contributed by atoms with Gasteiger partial charge in [0.2, 0.25) is 0 Å². The van der Waals surface area contributed by atoms with Crippen LogP contribution in [0, 0.1) is 0 Å². The van der Waals surface area contributed by atoms with Gasteiger partial charge in [-0.2, -0.15) is 5.10 Å². The largest absolute Gasteiger partial charge is 0.472 e. The zero-order valence-corrected chi connectivity index (χ0v) is 13.4. The molecule has 0 aliphatic rings. The number of nitrogens with zero attached hydrogens (tertiary/aromatic N) is 3. The molecule has 24 heavy (non-hydrogen) atoms. The number of hydrogen-bond donors (Lipinski definition) is 2. The molecule has 0 aliphatic heterocycles. The van der Waals surface area contributed by atoms with Crippen molar-refractivity contribution in [2.75, 3.05) is 29.6 Å². The highest BCUT2D eigenvalue weighted by atomic mass is 16.3. The van der Waals surface area contributed by atoms with Crippen LogP contribution in [0.2, 0.25) is 0 Å². The van der Waals surface area contributed by atoms with Gasteiger partial charge in [0.05, 0.1) is 23.7 Å². The molecule has 3 rings (SSSR count). The highest BCUT2D eigenvalue weighted by Gasteiger charge is 2.07. The van der Waals surface area contributed by atoms with Crippen LogP contribution in [0.1, 0.15) is 10.4 Å². The van der Waals surface area contributed by atoms with E-state index in [4.69, 9.17) is 4.42 Å². The van der Waals surface area contributed by atoms with E-state index in [2.05, 4.69) is 20.8 Å². The van der Waals surface area contributed by atoms with Gasteiger partial charge in [0, 0.05) is 31.5 Å². The molecule has 2 N–H and O–H groups in total. The van der Waals surface area contributed by atoms with Gasteiger partial charge in [0.25, 0.3) is 5.91 Å². The molecule has 0 radical (unpaired) electrons. The molecule has 0 spiro atoms. The standard InChI is InChI=1S/C17H17N5O2/c1-22(2)15-9-16(21-18-10-15)19-13-3-5-14(6-4-13)20-17(23)12-7-8-24-11-12/h3-11H,1-2H3,(H,19,21)(H,20,23). The summed E-state index contributed by atoms with van der Waals surface area (Å²) >= 11 is 0. The van der Waals surface area contributed by atoms with Crippen molar-refractivity contribution in [1.82, 2.24) is 10.2 Å². The Bertz CT molecular complexity index is 813. The molecule has 7 nitrogen and oxygen atoms in total. The molecule has 7 heteroatoms. The molecular formula is C17H17N5O2. The van der Waals surface area contributed by atoms with E-state index in [1.807, 2.05) is 49.3 Å². The second-order valence-corrected chi connectivity index (χ2v) is 5.36. The minimum atomic E-state index is -0.214. The number of furan rings is 1. The molecule has 0 fully saturated rings. The van der Waals surface area contributed by atoms with Gasteiger partial charge in [-0.05, 0) is 30.3 Å². The minimum absolute atomic E-state index is 0.214. The van der Waals surface area contributed by atoms with Gasteiger partial charge >= 0.3 is 0 Å². The number of carbonyl (C=O) groups is 1. The monoisotopic (exact) mass is 323 g/mol. The van der Waals surface area contributed by atoms with Gasteiger partial charge in [-0.15, -0.1) is 5.10 Å². The summed E-state index contributed by atoms with van der Waals surface area (Å²) in [6.45, 7) is 0. The average molecular weight is 323 g/mol. The van der Waals surface area contributed by atoms with E-state index in [1.54, 1.807) is 12.3 Å². The maximum atomic E-state index is 11.9. The van der Waals surface area contributed by atoms with E-state index < -0.39 is 0 Å². The molecule has 0 atom stereocenters. The zero-order chi connectivity index (χ0) is 16.9. The van der Waals surface area contributed by atoms with E-state index in [0.29, 0.717) is 17.1 Å². The van der Waals surface area contributed by atoms with Gasteiger partial charge in [0.15, 0.2) is 5.82 Å². The highest BCUT2D eigenvalue weighted by Crippen LogP contribution is 2.20. The normalized spacial score (nSPS) is 10.2. The van der Waals surface area contributed by atoms with E-state index in [0.717, 1.165) is 11.4 Å². The molecule has 0 bridgehead atoms. The maximum Gasteiger partial charge on any atom is 0.258 e. The molecule has 0 saturated heterocycles. The van der Waals surface area contributed by atoms with Gasteiger partial charge in [-0.1, -0.05) is 0 Å². The van der Waals surface area contributed by atoms with E-state index in [1.165, 1.54) is 12.5 Å². The first kappa shape index (κ1) is 15.5. The zero-order valence-electron chi connectivity index (χ0n) is 13.4. The maximum absolute atomic E-state index is 11.9. The predicted octanol–water partition coefficient (Wildman–Crippen LogP) is 3.13. The van der Waals surface area contributed by atoms with Crippen molar-refractivity contribution >= 4 is 28.8 Å². The van der Waals surface area contributed by atoms with Crippen LogP contribution < -0.4 is 15.5 Å². The van der Waals surface area contributed by atoms with Crippen LogP contribution in [0.25, 0.3) is 0 Å². The summed E-state index contributed by atoms with van der Waals surface area (Å²) < 4.78 is 4.90. The molecule has 0 unspecified atom stereocenters. The summed E-state index contributed by atoms with van der Waals surface area (Å²) in [6.07, 6.45) is 4.56. The van der Waals surface area contributed by atoms with Crippen molar-refractivity contribution in [3.8, 4) is 0 Å². The van der Waals surface area contributed by atoms with Crippen LogP contribution in [-0.2, 0) is 0 Å². The van der Waals surface area contributed by atoms with E-state index in [-0.39, 0.29) is 5.91 Å². The van der Waals surface area contributed by atoms with Crippen LogP contribution in [-0.4, -0.2) is 30.2 Å². The third kappa shape index (κ3) is 3.70. The van der Waals surface area contributed by atoms with E-state index in [9.17, 15) is 4.79 Å². The molecule has 3 aromatic rings. The SMILES string of the molecule is CN(C)c1cnnc(Nc2ccc(NC(=O)c3ccoc3)cc2)c1. The van der Waals surface area contributed by atoms with Crippen LogP contribution in [0.5, 0.6) is 0 Å². The Hall–Kier alpha value is -3.35. The van der Waals surface area contributed by atoms with Crippen molar-refractivity contribution in [2.45, 2.75) is 0 Å². The third-order valence-electron chi connectivity index (χ3n) is 3.36. The number of hydrogen-bond acceptors (Lipinski definition) is 6. The number of anilines is 4. The number of rotatable bonds is 5. The first-order valence-electron chi connectivity index (χ1n) is 7.32. The number of benzene rings is 1. The third-order valence-corrected chi connectivity index (χ3v) is 3.36. The lowest BCUT2D eigenvalue weighted by molar-refractivity contribution is 0.102. The molecule has 1 amide bonds. The Balaban J connectivity index is 1.66. The van der Waals surface area contributed by atoms with Gasteiger partial charge < -0.3 is 20.0 Å². The molecule has 122 valence electrons. The van der Waals surface area contributed by atoms with Crippen LogP contribution in [0.4, 0.5) is 22.9 Å². The number of carbonyl (C=O) groups excluding carboxylic acids is 1. The van der Waals surface area contributed by atoms with Crippen molar-refractivity contribution in [3.63, 3.8) is 0 Å². The Morgan fingerprint density at radius 1 is 1.12 bits per heavy atom. The average Bonchev–Trinajstić information content (AvgIpc) is 3.11. The van der Waals surface area contributed by atoms with Crippen LogP contribution in [0.15, 0.2) is 59.5 Å². The molecule has 1 aromatic carbocycles. The lowest BCUT2D eigenvalue weighted by Crippen LogP contribution is -2.11. The predicted molar refractivity (Wildman–Crippen MR) is 92.7 cm³/mol. The summed E-state index contributed by atoms with van der Waals surface area (Å²) in [4.78, 5) is 13.9. The lowest BCUT2D eigenvalue weighted by Gasteiger charge is -2.13. The summed E-state index contributed by atoms with van der Waals surface area (Å²) in [7, 11) is 3.89. The van der Waals surface area contributed by atoms with Crippen molar-refractivity contribution in [2.24, 2.45) is 0 Å². The molecule has 2 aromatic heterocycles. The highest BCUT2D eigenvalue weighted by molar-refractivity contribution is 6.04. The van der Waals surface area contributed by atoms with Crippen LogP contribution in [0.3, 0.4) is 0 Å². The van der Waals surface area contributed by atoms with Gasteiger partial charge in [-0.25, -0.2) is 0 Å². The fourth-order valence-corrected chi connectivity index (χ4v) is 2.04. The fourth-order valence-electron chi connectivity index (χ4n) is 2.04. The second kappa shape index (κ2) is 6.82. The van der Waals surface area contributed by atoms with Crippen LogP contribution >= 0.6 is 0 Å². The first-order chi connectivity index (χ1) is 11.6. The number of nitrogens with one attached hydrogen (secondary N) is 2. The molecule has 2 heterocycles. The Morgan fingerprint density at radius 3 is 2.54 bits per heavy atom. The van der Waals surface area contributed by atoms with Gasteiger partial charge in [-0.3, -0.25) is 4.79 Å². The quantitative estimate of drug-likeness (QED) is 0.750. The number of amides is 1. The molecule has 0 saturated carbocycles. The summed E-state index contributed by atoms with van der Waals surface area (Å²) in [5, 5.41) is 14.0. The van der Waals surface area contributed by atoms with Crippen molar-refractivity contribution in [3.05, 3.63) is 60.7 Å². The van der Waals surface area contributed by atoms with Gasteiger partial charge in [0.1, 0.15) is 6.26 Å². The smallest absolute Gasteiger partial charge is 0.258 e. The minimum Gasteiger partial charge on any atom is -0.472 e. The summed E-state index contributed by atoms with van der Waals surface area (Å²) in [5.74, 6) is 0.436. The Kier molecular flexibility index (Phi) is 4.42. The van der Waals surface area contributed by atoms with Crippen molar-refractivity contribution in [1.29, 1.82) is 0 Å². The second-order valence-electron chi connectivity index (χ2n) is 5.36. The summed E-state index contributed by atoms with van der Waals surface area (Å²) in [6, 6.07) is 10.8. The Labute approximate surface area is 139 Å². The summed E-state index contributed by atoms with van der Waals surface area (Å²) in [5.41, 5.74) is 2.98. The fraction of sp³-hybridized carbons (Fsp3) is 0.118. The lowest BCUT2D eigenvalue weighted by atomic mass is 10.2. The Morgan fingerprint density at radius 2 is 1.88 bits per heavy atom. The number of aromatic nitrogens is 2. The topological polar surface area (TPSA) is 83.3 Å². The van der Waals surface area contributed by atoms with Crippen molar-refractivity contribution < 1.29 is 9.21 Å². The first-order valence-corrected chi connectivity index (χ1v) is 7.32. The molecular weight excluding hydrogens is 306 g/mol.